The van der Waals surface area contributed by atoms with Gasteiger partial charge in [0.15, 0.2) is 0 Å². The molecule has 0 radical (unpaired) electrons. The minimum absolute atomic E-state index is 0.0420. The molecule has 4 nitrogen and oxygen atoms in total. The first-order chi connectivity index (χ1) is 12.2. The van der Waals surface area contributed by atoms with Crippen LogP contribution in [0.2, 0.25) is 5.02 Å². The van der Waals surface area contributed by atoms with Gasteiger partial charge in [0.1, 0.15) is 5.75 Å². The van der Waals surface area contributed by atoms with Crippen molar-refractivity contribution in [1.29, 1.82) is 0 Å². The minimum Gasteiger partial charge on any atom is -0.497 e. The molecule has 1 fully saturated rings. The number of amides is 1. The number of halogens is 1. The fraction of sp³-hybridized carbons (Fsp3) is 0.350. The Morgan fingerprint density at radius 2 is 2.08 bits per heavy atom. The van der Waals surface area contributed by atoms with Crippen LogP contribution in [0.25, 0.3) is 0 Å². The Balaban J connectivity index is 1.56. The van der Waals surface area contributed by atoms with Gasteiger partial charge in [-0.2, -0.15) is 0 Å². The summed E-state index contributed by atoms with van der Waals surface area (Å²) in [6.45, 7) is 1.86. The third-order valence-electron chi connectivity index (χ3n) is 4.59. The van der Waals surface area contributed by atoms with Crippen molar-refractivity contribution in [2.45, 2.75) is 25.4 Å². The highest BCUT2D eigenvalue weighted by Gasteiger charge is 2.27. The lowest BCUT2D eigenvalue weighted by atomic mass is 10.0. The highest BCUT2D eigenvalue weighted by Crippen LogP contribution is 2.32. The molecule has 1 unspecified atom stereocenters. The number of hydrogen-bond acceptors (Lipinski definition) is 3. The topological polar surface area (TPSA) is 41.6 Å². The van der Waals surface area contributed by atoms with Gasteiger partial charge in [-0.1, -0.05) is 35.9 Å². The summed E-state index contributed by atoms with van der Waals surface area (Å²) >= 11 is 5.98. The van der Waals surface area contributed by atoms with E-state index < -0.39 is 0 Å². The van der Waals surface area contributed by atoms with Crippen molar-refractivity contribution in [2.24, 2.45) is 0 Å². The van der Waals surface area contributed by atoms with Crippen LogP contribution >= 0.6 is 11.6 Å². The maximum atomic E-state index is 12.3. The van der Waals surface area contributed by atoms with Crippen LogP contribution in [-0.4, -0.2) is 31.0 Å². The van der Waals surface area contributed by atoms with Gasteiger partial charge in [-0.3, -0.25) is 9.69 Å². The quantitative estimate of drug-likeness (QED) is 0.853. The molecule has 0 bridgehead atoms. The fourth-order valence-corrected chi connectivity index (χ4v) is 3.52. The number of nitrogens with one attached hydrogen (secondary N) is 1. The molecule has 0 aliphatic carbocycles. The van der Waals surface area contributed by atoms with Crippen molar-refractivity contribution >= 4 is 17.5 Å². The molecule has 3 rings (SSSR count). The van der Waals surface area contributed by atoms with Crippen LogP contribution in [0.3, 0.4) is 0 Å². The summed E-state index contributed by atoms with van der Waals surface area (Å²) in [4.78, 5) is 14.6. The standard InChI is InChI=1S/C20H23ClN2O2/c1-25-18-9-7-16(8-10-18)19-6-3-11-23(19)14-20(24)22-13-15-4-2-5-17(21)12-15/h2,4-5,7-10,12,19H,3,6,11,13-14H2,1H3,(H,22,24). The van der Waals surface area contributed by atoms with Crippen LogP contribution in [0.5, 0.6) is 5.75 Å². The van der Waals surface area contributed by atoms with E-state index in [4.69, 9.17) is 16.3 Å². The van der Waals surface area contributed by atoms with Gasteiger partial charge in [-0.05, 0) is 54.8 Å². The van der Waals surface area contributed by atoms with Crippen LogP contribution < -0.4 is 10.1 Å². The van der Waals surface area contributed by atoms with Gasteiger partial charge in [-0.25, -0.2) is 0 Å². The number of ether oxygens (including phenoxy) is 1. The molecule has 2 aromatic rings. The maximum Gasteiger partial charge on any atom is 0.234 e. The van der Waals surface area contributed by atoms with E-state index in [1.54, 1.807) is 7.11 Å². The van der Waals surface area contributed by atoms with Crippen LogP contribution in [-0.2, 0) is 11.3 Å². The normalized spacial score (nSPS) is 17.4. The lowest BCUT2D eigenvalue weighted by molar-refractivity contribution is -0.122. The Kier molecular flexibility index (Phi) is 5.95. The Morgan fingerprint density at radius 1 is 1.28 bits per heavy atom. The number of nitrogens with zero attached hydrogens (tertiary/aromatic N) is 1. The molecule has 0 spiro atoms. The largest absolute Gasteiger partial charge is 0.497 e. The molecule has 5 heteroatoms. The molecule has 1 aliphatic rings. The molecule has 0 aromatic heterocycles. The zero-order chi connectivity index (χ0) is 17.6. The minimum atomic E-state index is 0.0420. The van der Waals surface area contributed by atoms with E-state index >= 15 is 0 Å². The summed E-state index contributed by atoms with van der Waals surface area (Å²) in [7, 11) is 1.67. The predicted octanol–water partition coefficient (Wildman–Crippen LogP) is 3.80. The van der Waals surface area contributed by atoms with Crippen molar-refractivity contribution in [1.82, 2.24) is 10.2 Å². The molecule has 1 N–H and O–H groups in total. The first-order valence-electron chi connectivity index (χ1n) is 8.55. The van der Waals surface area contributed by atoms with Crippen molar-refractivity contribution in [3.05, 3.63) is 64.7 Å². The Labute approximate surface area is 153 Å². The van der Waals surface area contributed by atoms with E-state index in [0.717, 1.165) is 30.7 Å². The molecule has 1 saturated heterocycles. The van der Waals surface area contributed by atoms with Gasteiger partial charge in [0.25, 0.3) is 0 Å². The molecule has 132 valence electrons. The number of hydrogen-bond donors (Lipinski definition) is 1. The van der Waals surface area contributed by atoms with Crippen LogP contribution in [0.4, 0.5) is 0 Å². The fourth-order valence-electron chi connectivity index (χ4n) is 3.31. The average molecular weight is 359 g/mol. The Bertz CT molecular complexity index is 718. The third-order valence-corrected chi connectivity index (χ3v) is 4.82. The van der Waals surface area contributed by atoms with Crippen LogP contribution in [0, 0.1) is 0 Å². The molecule has 1 aliphatic heterocycles. The summed E-state index contributed by atoms with van der Waals surface area (Å²) in [6, 6.07) is 16.0. The molecule has 0 saturated carbocycles. The summed E-state index contributed by atoms with van der Waals surface area (Å²) in [5.41, 5.74) is 2.25. The second-order valence-electron chi connectivity index (χ2n) is 6.31. The van der Waals surface area contributed by atoms with Gasteiger partial charge in [0.05, 0.1) is 13.7 Å². The highest BCUT2D eigenvalue weighted by atomic mass is 35.5. The van der Waals surface area contributed by atoms with E-state index in [0.29, 0.717) is 24.2 Å². The monoisotopic (exact) mass is 358 g/mol. The van der Waals surface area contributed by atoms with E-state index in [1.807, 2.05) is 36.4 Å². The molecular formula is C20H23ClN2O2. The summed E-state index contributed by atoms with van der Waals surface area (Å²) < 4.78 is 5.22. The summed E-state index contributed by atoms with van der Waals surface area (Å²) in [5.74, 6) is 0.896. The number of carbonyl (C=O) groups excluding carboxylic acids is 1. The third kappa shape index (κ3) is 4.74. The molecule has 2 aromatic carbocycles. The van der Waals surface area contributed by atoms with Gasteiger partial charge >= 0.3 is 0 Å². The number of likely N-dealkylation sites (tertiary alicyclic amines) is 1. The van der Waals surface area contributed by atoms with Crippen LogP contribution in [0.15, 0.2) is 48.5 Å². The van der Waals surface area contributed by atoms with Gasteiger partial charge in [0.2, 0.25) is 5.91 Å². The number of carbonyl (C=O) groups is 1. The zero-order valence-electron chi connectivity index (χ0n) is 14.4. The van der Waals surface area contributed by atoms with Gasteiger partial charge < -0.3 is 10.1 Å². The first kappa shape index (κ1) is 17.8. The van der Waals surface area contributed by atoms with Crippen molar-refractivity contribution < 1.29 is 9.53 Å². The number of methoxy groups -OCH3 is 1. The number of benzene rings is 2. The average Bonchev–Trinajstić information content (AvgIpc) is 3.08. The first-order valence-corrected chi connectivity index (χ1v) is 8.92. The van der Waals surface area contributed by atoms with Crippen molar-refractivity contribution in [2.75, 3.05) is 20.2 Å². The van der Waals surface area contributed by atoms with Crippen LogP contribution in [0.1, 0.15) is 30.0 Å². The van der Waals surface area contributed by atoms with Crippen molar-refractivity contribution in [3.63, 3.8) is 0 Å². The van der Waals surface area contributed by atoms with Gasteiger partial charge in [-0.15, -0.1) is 0 Å². The lowest BCUT2D eigenvalue weighted by Crippen LogP contribution is -2.36. The molecule has 1 heterocycles. The lowest BCUT2D eigenvalue weighted by Gasteiger charge is -2.24. The molecule has 25 heavy (non-hydrogen) atoms. The van der Waals surface area contributed by atoms with E-state index in [-0.39, 0.29) is 5.91 Å². The predicted molar refractivity (Wildman–Crippen MR) is 99.8 cm³/mol. The highest BCUT2D eigenvalue weighted by molar-refractivity contribution is 6.30. The Morgan fingerprint density at radius 3 is 2.80 bits per heavy atom. The maximum absolute atomic E-state index is 12.3. The summed E-state index contributed by atoms with van der Waals surface area (Å²) in [5, 5.41) is 3.67. The van der Waals surface area contributed by atoms with E-state index in [1.165, 1.54) is 5.56 Å². The van der Waals surface area contributed by atoms with E-state index in [2.05, 4.69) is 22.3 Å². The smallest absolute Gasteiger partial charge is 0.234 e. The van der Waals surface area contributed by atoms with Crippen molar-refractivity contribution in [3.8, 4) is 5.75 Å². The molecule has 1 atom stereocenters. The number of rotatable bonds is 6. The second kappa shape index (κ2) is 8.37. The van der Waals surface area contributed by atoms with Gasteiger partial charge in [0, 0.05) is 17.6 Å². The Hall–Kier alpha value is -2.04. The summed E-state index contributed by atoms with van der Waals surface area (Å²) in [6.07, 6.45) is 2.19. The van der Waals surface area contributed by atoms with E-state index in [9.17, 15) is 4.79 Å². The second-order valence-corrected chi connectivity index (χ2v) is 6.74. The SMILES string of the molecule is COc1ccc(C2CCCN2CC(=O)NCc2cccc(Cl)c2)cc1. The molecule has 1 amide bonds. The molecular weight excluding hydrogens is 336 g/mol. The zero-order valence-corrected chi connectivity index (χ0v) is 15.1.